The molecule has 0 radical (unpaired) electrons. The van der Waals surface area contributed by atoms with Gasteiger partial charge in [-0.1, -0.05) is 12.1 Å². The smallest absolute Gasteiger partial charge is 0.307 e. The highest BCUT2D eigenvalue weighted by molar-refractivity contribution is 5.70. The Hall–Kier alpha value is -2.93. The molecule has 2 aromatic carbocycles. The van der Waals surface area contributed by atoms with E-state index in [1.54, 1.807) is 6.07 Å². The fourth-order valence-electron chi connectivity index (χ4n) is 1.74. The van der Waals surface area contributed by atoms with Gasteiger partial charge in [0.15, 0.2) is 23.0 Å². The molecule has 2 rings (SSSR count). The molecule has 0 aromatic heterocycles. The second kappa shape index (κ2) is 8.50. The monoisotopic (exact) mass is 321 g/mol. The fourth-order valence-corrected chi connectivity index (χ4v) is 1.74. The van der Waals surface area contributed by atoms with Gasteiger partial charge in [0.1, 0.15) is 0 Å². The second-order valence-electron chi connectivity index (χ2n) is 4.76. The Labute approximate surface area is 132 Å². The zero-order valence-electron chi connectivity index (χ0n) is 12.3. The van der Waals surface area contributed by atoms with Crippen LogP contribution in [0.5, 0.6) is 23.0 Å². The van der Waals surface area contributed by atoms with Gasteiger partial charge in [-0.2, -0.15) is 0 Å². The maximum absolute atomic E-state index is 10.2. The topological polar surface area (TPSA) is 144 Å². The number of aliphatic carboxylic acids is 1. The molecule has 0 saturated carbocycles. The Morgan fingerprint density at radius 2 is 1.30 bits per heavy atom. The van der Waals surface area contributed by atoms with Crippen molar-refractivity contribution in [3.05, 3.63) is 47.5 Å². The summed E-state index contributed by atoms with van der Waals surface area (Å²) in [6, 6.07) is 8.64. The van der Waals surface area contributed by atoms with Crippen LogP contribution in [0.25, 0.3) is 0 Å². The van der Waals surface area contributed by atoms with Crippen LogP contribution in [-0.4, -0.2) is 38.0 Å². The molecule has 0 aliphatic carbocycles. The van der Waals surface area contributed by atoms with Crippen molar-refractivity contribution in [3.63, 3.8) is 0 Å². The number of aromatic hydroxyl groups is 4. The van der Waals surface area contributed by atoms with Crippen LogP contribution in [0, 0.1) is 0 Å². The number of carboxylic acids is 1. The molecule has 7 heteroatoms. The summed E-state index contributed by atoms with van der Waals surface area (Å²) in [5.41, 5.74) is 6.69. The van der Waals surface area contributed by atoms with Gasteiger partial charge in [-0.15, -0.1) is 0 Å². The Morgan fingerprint density at radius 3 is 1.74 bits per heavy atom. The van der Waals surface area contributed by atoms with E-state index in [1.807, 2.05) is 0 Å². The number of hydrogen-bond acceptors (Lipinski definition) is 6. The lowest BCUT2D eigenvalue weighted by Gasteiger charge is -2.00. The molecule has 0 amide bonds. The number of benzene rings is 2. The molecule has 0 unspecified atom stereocenters. The van der Waals surface area contributed by atoms with Crippen molar-refractivity contribution in [1.29, 1.82) is 0 Å². The van der Waals surface area contributed by atoms with Gasteiger partial charge in [-0.3, -0.25) is 4.79 Å². The number of rotatable bonds is 4. The summed E-state index contributed by atoms with van der Waals surface area (Å²) in [5, 5.41) is 44.2. The van der Waals surface area contributed by atoms with Crippen LogP contribution >= 0.6 is 0 Å². The zero-order valence-corrected chi connectivity index (χ0v) is 12.3. The van der Waals surface area contributed by atoms with E-state index in [0.717, 1.165) is 5.56 Å². The van der Waals surface area contributed by atoms with E-state index in [2.05, 4.69) is 0 Å². The number of carboxylic acid groups (broad SMARTS) is 1. The van der Waals surface area contributed by atoms with Crippen LogP contribution in [0.1, 0.15) is 11.1 Å². The predicted molar refractivity (Wildman–Crippen MR) is 83.6 cm³/mol. The van der Waals surface area contributed by atoms with E-state index < -0.39 is 5.97 Å². The van der Waals surface area contributed by atoms with E-state index in [0.29, 0.717) is 18.5 Å². The lowest BCUT2D eigenvalue weighted by Crippen LogP contribution is -2.02. The lowest BCUT2D eigenvalue weighted by molar-refractivity contribution is -0.136. The van der Waals surface area contributed by atoms with Gasteiger partial charge in [0.25, 0.3) is 0 Å². The Kier molecular flexibility index (Phi) is 6.69. The molecule has 0 fully saturated rings. The summed E-state index contributed by atoms with van der Waals surface area (Å²) in [6.45, 7) is 0.546. The molecule has 2 aromatic rings. The SMILES string of the molecule is NCCc1ccc(O)c(O)c1.O=C(O)Cc1ccc(O)c(O)c1. The zero-order chi connectivity index (χ0) is 17.4. The van der Waals surface area contributed by atoms with E-state index in [4.69, 9.17) is 31.3 Å². The van der Waals surface area contributed by atoms with Crippen LogP contribution in [0.3, 0.4) is 0 Å². The third kappa shape index (κ3) is 6.15. The maximum atomic E-state index is 10.2. The van der Waals surface area contributed by atoms with E-state index >= 15 is 0 Å². The molecule has 0 aliphatic rings. The highest BCUT2D eigenvalue weighted by atomic mass is 16.4. The Morgan fingerprint density at radius 1 is 0.826 bits per heavy atom. The van der Waals surface area contributed by atoms with Crippen LogP contribution in [0.2, 0.25) is 0 Å². The molecule has 0 spiro atoms. The second-order valence-corrected chi connectivity index (χ2v) is 4.76. The van der Waals surface area contributed by atoms with Gasteiger partial charge in [0.05, 0.1) is 6.42 Å². The van der Waals surface area contributed by atoms with Gasteiger partial charge >= 0.3 is 5.97 Å². The molecule has 7 N–H and O–H groups in total. The van der Waals surface area contributed by atoms with Gasteiger partial charge in [-0.05, 0) is 48.4 Å². The first-order chi connectivity index (χ1) is 10.8. The summed E-state index contributed by atoms with van der Waals surface area (Å²) in [6.07, 6.45) is 0.557. The minimum Gasteiger partial charge on any atom is -0.504 e. The largest absolute Gasteiger partial charge is 0.504 e. The van der Waals surface area contributed by atoms with Crippen LogP contribution < -0.4 is 5.73 Å². The molecular formula is C16H19NO6. The highest BCUT2D eigenvalue weighted by Gasteiger charge is 2.03. The molecule has 0 aliphatic heterocycles. The van der Waals surface area contributed by atoms with Gasteiger partial charge in [0.2, 0.25) is 0 Å². The molecule has 7 nitrogen and oxygen atoms in total. The minimum absolute atomic E-state index is 0.0871. The molecule has 0 saturated heterocycles. The van der Waals surface area contributed by atoms with Crippen molar-refractivity contribution in [2.75, 3.05) is 6.54 Å². The third-order valence-corrected chi connectivity index (χ3v) is 2.87. The maximum Gasteiger partial charge on any atom is 0.307 e. The summed E-state index contributed by atoms with van der Waals surface area (Å²) in [5.74, 6) is -1.69. The van der Waals surface area contributed by atoms with Crippen molar-refractivity contribution in [3.8, 4) is 23.0 Å². The molecule has 23 heavy (non-hydrogen) atoms. The molecule has 0 heterocycles. The van der Waals surface area contributed by atoms with Crippen molar-refractivity contribution < 1.29 is 30.3 Å². The first-order valence-electron chi connectivity index (χ1n) is 6.77. The molecular weight excluding hydrogens is 302 g/mol. The predicted octanol–water partition coefficient (Wildman–Crippen LogP) is 1.32. The quantitative estimate of drug-likeness (QED) is 0.466. The third-order valence-electron chi connectivity index (χ3n) is 2.87. The van der Waals surface area contributed by atoms with Crippen LogP contribution in [-0.2, 0) is 17.6 Å². The van der Waals surface area contributed by atoms with E-state index in [9.17, 15) is 4.79 Å². The minimum atomic E-state index is -0.972. The van der Waals surface area contributed by atoms with Crippen molar-refractivity contribution in [1.82, 2.24) is 0 Å². The lowest BCUT2D eigenvalue weighted by atomic mass is 10.1. The number of phenolic OH excluding ortho intramolecular Hbond substituents is 4. The fraction of sp³-hybridized carbons (Fsp3) is 0.188. The number of hydrogen-bond donors (Lipinski definition) is 6. The standard InChI is InChI=1S/C8H11NO2.C8H8O4/c9-4-3-6-1-2-7(10)8(11)5-6;9-6-2-1-5(3-7(6)10)4-8(11)12/h1-2,5,10-11H,3-4,9H2;1-3,9-10H,4H2,(H,11,12). The Bertz CT molecular complexity index is 672. The van der Waals surface area contributed by atoms with Crippen LogP contribution in [0.15, 0.2) is 36.4 Å². The normalized spacial score (nSPS) is 9.78. The van der Waals surface area contributed by atoms with Gasteiger partial charge in [-0.25, -0.2) is 0 Å². The van der Waals surface area contributed by atoms with Crippen molar-refractivity contribution in [2.45, 2.75) is 12.8 Å². The van der Waals surface area contributed by atoms with Gasteiger partial charge < -0.3 is 31.3 Å². The highest BCUT2D eigenvalue weighted by Crippen LogP contribution is 2.25. The Balaban J connectivity index is 0.000000231. The summed E-state index contributed by atoms with van der Waals surface area (Å²) in [7, 11) is 0. The number of nitrogens with two attached hydrogens (primary N) is 1. The average Bonchev–Trinajstić information content (AvgIpc) is 2.47. The molecule has 0 bridgehead atoms. The number of carbonyl (C=O) groups is 1. The average molecular weight is 321 g/mol. The van der Waals surface area contributed by atoms with Crippen molar-refractivity contribution in [2.24, 2.45) is 5.73 Å². The summed E-state index contributed by atoms with van der Waals surface area (Å²) >= 11 is 0. The molecule has 0 atom stereocenters. The van der Waals surface area contributed by atoms with E-state index in [1.165, 1.54) is 30.3 Å². The molecule has 124 valence electrons. The van der Waals surface area contributed by atoms with Crippen molar-refractivity contribution >= 4 is 5.97 Å². The summed E-state index contributed by atoms with van der Waals surface area (Å²) < 4.78 is 0. The first kappa shape index (κ1) is 18.1. The van der Waals surface area contributed by atoms with Gasteiger partial charge in [0, 0.05) is 0 Å². The summed E-state index contributed by atoms with van der Waals surface area (Å²) in [4.78, 5) is 10.2. The number of phenols is 4. The first-order valence-corrected chi connectivity index (χ1v) is 6.77. The van der Waals surface area contributed by atoms with E-state index in [-0.39, 0.29) is 29.4 Å². The van der Waals surface area contributed by atoms with Crippen LogP contribution in [0.4, 0.5) is 0 Å².